The Kier molecular flexibility index (Phi) is 5.94. The Hall–Kier alpha value is -2.17. The number of carbonyl (C=O) groups is 1. The molecule has 112 valence electrons. The normalized spacial score (nSPS) is 14.2. The number of nitrogens with one attached hydrogen (secondary N) is 2. The zero-order valence-corrected chi connectivity index (χ0v) is 12.3. The summed E-state index contributed by atoms with van der Waals surface area (Å²) >= 11 is 0. The van der Waals surface area contributed by atoms with Crippen molar-refractivity contribution in [1.29, 1.82) is 0 Å². The number of hydrogen-bond acceptors (Lipinski definition) is 4. The van der Waals surface area contributed by atoms with Gasteiger partial charge in [-0.25, -0.2) is 0 Å². The molecule has 1 aromatic heterocycles. The predicted octanol–water partition coefficient (Wildman–Crippen LogP) is 2.69. The standard InChI is InChI=1S/C16H22N4O/c1-2-11-18-16(21)14-8-9-15(20-19-14)17-12-10-13-6-4-3-5-7-13/h2,6,8-9H,1,3-5,7,10-12H2,(H,17,20)(H,18,21). The third-order valence-corrected chi connectivity index (χ3v) is 3.44. The van der Waals surface area contributed by atoms with Crippen molar-refractivity contribution in [3.8, 4) is 0 Å². The average Bonchev–Trinajstić information content (AvgIpc) is 2.54. The molecule has 1 heterocycles. The Labute approximate surface area is 125 Å². The molecule has 5 heteroatoms. The van der Waals surface area contributed by atoms with Crippen LogP contribution < -0.4 is 10.6 Å². The van der Waals surface area contributed by atoms with Gasteiger partial charge in [0.1, 0.15) is 5.82 Å². The van der Waals surface area contributed by atoms with Crippen LogP contribution in [0.5, 0.6) is 0 Å². The minimum Gasteiger partial charge on any atom is -0.368 e. The fourth-order valence-electron chi connectivity index (χ4n) is 2.29. The topological polar surface area (TPSA) is 66.9 Å². The Morgan fingerprint density at radius 2 is 2.24 bits per heavy atom. The SMILES string of the molecule is C=CCNC(=O)c1ccc(NCCC2=CCCCC2)nn1. The highest BCUT2D eigenvalue weighted by molar-refractivity contribution is 5.92. The zero-order chi connectivity index (χ0) is 14.9. The first-order valence-electron chi connectivity index (χ1n) is 7.44. The molecule has 2 rings (SSSR count). The van der Waals surface area contributed by atoms with E-state index in [0.29, 0.717) is 18.1 Å². The van der Waals surface area contributed by atoms with Crippen molar-refractivity contribution in [2.75, 3.05) is 18.4 Å². The van der Waals surface area contributed by atoms with Gasteiger partial charge in [-0.05, 0) is 44.2 Å². The van der Waals surface area contributed by atoms with Gasteiger partial charge in [0.15, 0.2) is 5.69 Å². The van der Waals surface area contributed by atoms with Crippen LogP contribution in [-0.4, -0.2) is 29.2 Å². The molecule has 0 aliphatic heterocycles. The van der Waals surface area contributed by atoms with Crippen molar-refractivity contribution in [3.63, 3.8) is 0 Å². The Morgan fingerprint density at radius 1 is 1.33 bits per heavy atom. The monoisotopic (exact) mass is 286 g/mol. The van der Waals surface area contributed by atoms with E-state index in [2.05, 4.69) is 33.5 Å². The lowest BCUT2D eigenvalue weighted by Crippen LogP contribution is -2.24. The van der Waals surface area contributed by atoms with Crippen LogP contribution in [-0.2, 0) is 0 Å². The second-order valence-corrected chi connectivity index (χ2v) is 5.09. The smallest absolute Gasteiger partial charge is 0.272 e. The number of nitrogens with zero attached hydrogens (tertiary/aromatic N) is 2. The molecular weight excluding hydrogens is 264 g/mol. The Bertz CT molecular complexity index is 508. The van der Waals surface area contributed by atoms with Gasteiger partial charge in [0, 0.05) is 13.1 Å². The Morgan fingerprint density at radius 3 is 2.90 bits per heavy atom. The number of amides is 1. The maximum Gasteiger partial charge on any atom is 0.272 e. The van der Waals surface area contributed by atoms with Crippen LogP contribution in [0.1, 0.15) is 42.6 Å². The third-order valence-electron chi connectivity index (χ3n) is 3.44. The van der Waals surface area contributed by atoms with Crippen LogP contribution in [0.3, 0.4) is 0 Å². The number of allylic oxidation sites excluding steroid dienone is 1. The van der Waals surface area contributed by atoms with Crippen LogP contribution in [0.15, 0.2) is 36.4 Å². The molecule has 0 bridgehead atoms. The summed E-state index contributed by atoms with van der Waals surface area (Å²) in [5.74, 6) is 0.466. The lowest BCUT2D eigenvalue weighted by atomic mass is 9.97. The fraction of sp³-hybridized carbons (Fsp3) is 0.438. The fourth-order valence-corrected chi connectivity index (χ4v) is 2.29. The van der Waals surface area contributed by atoms with Crippen LogP contribution in [0.4, 0.5) is 5.82 Å². The first kappa shape index (κ1) is 15.2. The molecule has 5 nitrogen and oxygen atoms in total. The summed E-state index contributed by atoms with van der Waals surface area (Å²) in [6.07, 6.45) is 10.1. The van der Waals surface area contributed by atoms with E-state index in [9.17, 15) is 4.79 Å². The highest BCUT2D eigenvalue weighted by Gasteiger charge is 2.07. The second-order valence-electron chi connectivity index (χ2n) is 5.09. The maximum atomic E-state index is 11.6. The van der Waals surface area contributed by atoms with Gasteiger partial charge in [0.25, 0.3) is 5.91 Å². The lowest BCUT2D eigenvalue weighted by molar-refractivity contribution is 0.0952. The van der Waals surface area contributed by atoms with E-state index in [-0.39, 0.29) is 5.91 Å². The van der Waals surface area contributed by atoms with Crippen LogP contribution in [0, 0.1) is 0 Å². The van der Waals surface area contributed by atoms with E-state index in [1.807, 2.05) is 0 Å². The van der Waals surface area contributed by atoms with E-state index >= 15 is 0 Å². The molecule has 2 N–H and O–H groups in total. The van der Waals surface area contributed by atoms with Crippen molar-refractivity contribution < 1.29 is 4.79 Å². The van der Waals surface area contributed by atoms with Crippen molar-refractivity contribution in [2.45, 2.75) is 32.1 Å². The predicted molar refractivity (Wildman–Crippen MR) is 84.2 cm³/mol. The number of aromatic nitrogens is 2. The summed E-state index contributed by atoms with van der Waals surface area (Å²) in [6, 6.07) is 3.46. The number of carbonyl (C=O) groups excluding carboxylic acids is 1. The number of rotatable bonds is 7. The van der Waals surface area contributed by atoms with E-state index in [1.54, 1.807) is 18.2 Å². The maximum absolute atomic E-state index is 11.6. The van der Waals surface area contributed by atoms with E-state index in [4.69, 9.17) is 0 Å². The molecule has 1 aliphatic rings. The number of hydrogen-bond donors (Lipinski definition) is 2. The zero-order valence-electron chi connectivity index (χ0n) is 12.3. The second kappa shape index (κ2) is 8.19. The van der Waals surface area contributed by atoms with Gasteiger partial charge in [-0.2, -0.15) is 0 Å². The van der Waals surface area contributed by atoms with Crippen molar-refractivity contribution in [1.82, 2.24) is 15.5 Å². The highest BCUT2D eigenvalue weighted by atomic mass is 16.1. The molecule has 21 heavy (non-hydrogen) atoms. The molecule has 0 saturated heterocycles. The van der Waals surface area contributed by atoms with Crippen LogP contribution >= 0.6 is 0 Å². The first-order chi connectivity index (χ1) is 10.3. The molecule has 0 fully saturated rings. The molecule has 0 saturated carbocycles. The minimum absolute atomic E-state index is 0.235. The molecule has 0 aromatic carbocycles. The van der Waals surface area contributed by atoms with E-state index < -0.39 is 0 Å². The van der Waals surface area contributed by atoms with Gasteiger partial charge in [0.05, 0.1) is 0 Å². The number of anilines is 1. The average molecular weight is 286 g/mol. The van der Waals surface area contributed by atoms with Gasteiger partial charge in [-0.1, -0.05) is 17.7 Å². The summed E-state index contributed by atoms with van der Waals surface area (Å²) in [7, 11) is 0. The molecule has 0 unspecified atom stereocenters. The summed E-state index contributed by atoms with van der Waals surface area (Å²) < 4.78 is 0. The molecule has 0 spiro atoms. The largest absolute Gasteiger partial charge is 0.368 e. The van der Waals surface area contributed by atoms with Crippen LogP contribution in [0.25, 0.3) is 0 Å². The molecular formula is C16H22N4O. The molecule has 1 amide bonds. The van der Waals surface area contributed by atoms with Gasteiger partial charge >= 0.3 is 0 Å². The molecule has 0 radical (unpaired) electrons. The summed E-state index contributed by atoms with van der Waals surface area (Å²) in [4.78, 5) is 11.6. The van der Waals surface area contributed by atoms with E-state index in [0.717, 1.165) is 13.0 Å². The summed E-state index contributed by atoms with van der Waals surface area (Å²) in [5.41, 5.74) is 1.85. The first-order valence-corrected chi connectivity index (χ1v) is 7.44. The van der Waals surface area contributed by atoms with Gasteiger partial charge in [-0.15, -0.1) is 16.8 Å². The van der Waals surface area contributed by atoms with Crippen molar-refractivity contribution in [2.24, 2.45) is 0 Å². The van der Waals surface area contributed by atoms with Gasteiger partial charge < -0.3 is 10.6 Å². The van der Waals surface area contributed by atoms with Crippen LogP contribution in [0.2, 0.25) is 0 Å². The third kappa shape index (κ3) is 5.02. The quantitative estimate of drug-likeness (QED) is 0.756. The van der Waals surface area contributed by atoms with Gasteiger partial charge in [0.2, 0.25) is 0 Å². The molecule has 1 aromatic rings. The van der Waals surface area contributed by atoms with Crippen molar-refractivity contribution in [3.05, 3.63) is 42.1 Å². The minimum atomic E-state index is -0.235. The molecule has 1 aliphatic carbocycles. The Balaban J connectivity index is 1.78. The summed E-state index contributed by atoms with van der Waals surface area (Å²) in [5, 5.41) is 13.9. The highest BCUT2D eigenvalue weighted by Crippen LogP contribution is 2.19. The lowest BCUT2D eigenvalue weighted by Gasteiger charge is -2.13. The van der Waals surface area contributed by atoms with Gasteiger partial charge in [-0.3, -0.25) is 4.79 Å². The molecule has 0 atom stereocenters. The van der Waals surface area contributed by atoms with Crippen molar-refractivity contribution >= 4 is 11.7 Å². The summed E-state index contributed by atoms with van der Waals surface area (Å²) in [6.45, 7) is 4.82. The van der Waals surface area contributed by atoms with E-state index in [1.165, 1.54) is 31.3 Å².